The van der Waals surface area contributed by atoms with Gasteiger partial charge in [0.15, 0.2) is 17.2 Å². The Kier molecular flexibility index (Phi) is 6.18. The van der Waals surface area contributed by atoms with Crippen LogP contribution < -0.4 is 5.32 Å². The third-order valence-electron chi connectivity index (χ3n) is 4.80. The summed E-state index contributed by atoms with van der Waals surface area (Å²) in [5.74, 6) is -7.04. The maximum atomic E-state index is 14.0. The fourth-order valence-electron chi connectivity index (χ4n) is 3.16. The van der Waals surface area contributed by atoms with E-state index in [1.807, 2.05) is 0 Å². The van der Waals surface area contributed by atoms with Gasteiger partial charge < -0.3 is 5.32 Å². The number of aryl methyl sites for hydroxylation is 1. The van der Waals surface area contributed by atoms with Crippen LogP contribution in [0.1, 0.15) is 27.4 Å². The maximum Gasteiger partial charge on any atom is 0.459 e. The second-order valence-electron chi connectivity index (χ2n) is 7.33. The van der Waals surface area contributed by atoms with Crippen LogP contribution in [-0.4, -0.2) is 36.5 Å². The molecular formula is C20H12Cl2F6N6O. The van der Waals surface area contributed by atoms with E-state index in [9.17, 15) is 31.1 Å². The summed E-state index contributed by atoms with van der Waals surface area (Å²) in [5, 5.41) is 9.95. The third-order valence-corrected chi connectivity index (χ3v) is 5.43. The Hall–Kier alpha value is -3.32. The van der Waals surface area contributed by atoms with Crippen LogP contribution in [0.3, 0.4) is 0 Å². The van der Waals surface area contributed by atoms with Gasteiger partial charge >= 0.3 is 12.1 Å². The van der Waals surface area contributed by atoms with E-state index in [1.165, 1.54) is 36.0 Å². The summed E-state index contributed by atoms with van der Waals surface area (Å²) in [6.45, 7) is 1.09. The largest absolute Gasteiger partial charge is 0.459 e. The standard InChI is InChI=1S/C20H12Cl2F6N6O/c1-9-5-15(19(24,25)20(26,27)28)34-16(29-9)6-14(31-34)18(35)30-17-12(22)8-33(32-17)7-10-11(21)3-2-4-13(10)23/h2-6,8H,7H2,1H3,(H,30,32,35). The fraction of sp³-hybridized carbons (Fsp3) is 0.200. The molecule has 0 saturated carbocycles. The van der Waals surface area contributed by atoms with Gasteiger partial charge in [-0.3, -0.25) is 9.48 Å². The summed E-state index contributed by atoms with van der Waals surface area (Å²) in [6.07, 6.45) is -4.62. The molecule has 0 spiro atoms. The van der Waals surface area contributed by atoms with Gasteiger partial charge in [-0.15, -0.1) is 0 Å². The molecule has 1 N–H and O–H groups in total. The minimum atomic E-state index is -5.90. The highest BCUT2D eigenvalue weighted by molar-refractivity contribution is 6.33. The van der Waals surface area contributed by atoms with E-state index < -0.39 is 40.9 Å². The zero-order valence-electron chi connectivity index (χ0n) is 17.3. The molecule has 3 heterocycles. The van der Waals surface area contributed by atoms with E-state index in [1.54, 1.807) is 0 Å². The van der Waals surface area contributed by atoms with Gasteiger partial charge in [-0.05, 0) is 25.1 Å². The zero-order valence-corrected chi connectivity index (χ0v) is 18.9. The van der Waals surface area contributed by atoms with Gasteiger partial charge in [-0.25, -0.2) is 13.9 Å². The molecule has 1 aromatic carbocycles. The highest BCUT2D eigenvalue weighted by Crippen LogP contribution is 2.43. The molecule has 0 aliphatic heterocycles. The lowest BCUT2D eigenvalue weighted by Gasteiger charge is -2.20. The predicted molar refractivity (Wildman–Crippen MR) is 113 cm³/mol. The number of amides is 1. The van der Waals surface area contributed by atoms with Crippen LogP contribution in [0.15, 0.2) is 36.5 Å². The van der Waals surface area contributed by atoms with E-state index in [0.717, 1.165) is 6.07 Å². The summed E-state index contributed by atoms with van der Waals surface area (Å²) in [7, 11) is 0. The zero-order chi connectivity index (χ0) is 25.7. The van der Waals surface area contributed by atoms with E-state index in [0.29, 0.717) is 6.07 Å². The SMILES string of the molecule is Cc1cc(C(F)(F)C(F)(F)F)n2nc(C(=O)Nc3nn(Cc4c(F)cccc4Cl)cc3Cl)cc2n1. The highest BCUT2D eigenvalue weighted by atomic mass is 35.5. The quantitative estimate of drug-likeness (QED) is 0.335. The number of anilines is 1. The average Bonchev–Trinajstić information content (AvgIpc) is 3.32. The molecule has 3 aromatic heterocycles. The number of rotatable bonds is 5. The van der Waals surface area contributed by atoms with Crippen molar-refractivity contribution in [2.24, 2.45) is 0 Å². The van der Waals surface area contributed by atoms with Gasteiger partial charge in [0.25, 0.3) is 5.91 Å². The number of hydrogen-bond donors (Lipinski definition) is 1. The number of nitrogens with one attached hydrogen (secondary N) is 1. The Bertz CT molecular complexity index is 1430. The minimum absolute atomic E-state index is 0.0622. The molecule has 0 bridgehead atoms. The average molecular weight is 537 g/mol. The Morgan fingerprint density at radius 2 is 1.80 bits per heavy atom. The van der Waals surface area contributed by atoms with Crippen molar-refractivity contribution in [2.45, 2.75) is 25.6 Å². The lowest BCUT2D eigenvalue weighted by Crippen LogP contribution is -2.36. The van der Waals surface area contributed by atoms with Crippen molar-refractivity contribution >= 4 is 40.6 Å². The lowest BCUT2D eigenvalue weighted by molar-refractivity contribution is -0.291. The van der Waals surface area contributed by atoms with E-state index >= 15 is 0 Å². The number of aromatic nitrogens is 5. The van der Waals surface area contributed by atoms with Crippen molar-refractivity contribution in [1.82, 2.24) is 24.4 Å². The van der Waals surface area contributed by atoms with Gasteiger partial charge in [0, 0.05) is 28.5 Å². The van der Waals surface area contributed by atoms with Crippen molar-refractivity contribution in [1.29, 1.82) is 0 Å². The van der Waals surface area contributed by atoms with E-state index in [2.05, 4.69) is 20.5 Å². The number of halogens is 8. The van der Waals surface area contributed by atoms with Gasteiger partial charge in [-0.1, -0.05) is 29.3 Å². The summed E-state index contributed by atoms with van der Waals surface area (Å²) in [4.78, 5) is 16.5. The molecule has 0 saturated heterocycles. The Morgan fingerprint density at radius 1 is 1.09 bits per heavy atom. The first kappa shape index (κ1) is 24.8. The van der Waals surface area contributed by atoms with Gasteiger partial charge in [0.2, 0.25) is 0 Å². The van der Waals surface area contributed by atoms with E-state index in [-0.39, 0.29) is 38.2 Å². The Balaban J connectivity index is 1.63. The summed E-state index contributed by atoms with van der Waals surface area (Å²) in [5.41, 5.74) is -2.45. The van der Waals surface area contributed by atoms with E-state index in [4.69, 9.17) is 23.2 Å². The van der Waals surface area contributed by atoms with Crippen LogP contribution in [0, 0.1) is 12.7 Å². The number of alkyl halides is 5. The molecule has 0 radical (unpaired) electrons. The Morgan fingerprint density at radius 3 is 2.46 bits per heavy atom. The van der Waals surface area contributed by atoms with Crippen molar-refractivity contribution < 1.29 is 31.1 Å². The predicted octanol–water partition coefficient (Wildman–Crippen LogP) is 5.63. The number of nitrogens with zero attached hydrogens (tertiary/aromatic N) is 5. The molecule has 1 amide bonds. The number of hydrogen-bond acceptors (Lipinski definition) is 4. The van der Waals surface area contributed by atoms with Crippen LogP contribution in [0.5, 0.6) is 0 Å². The second kappa shape index (κ2) is 8.72. The summed E-state index contributed by atoms with van der Waals surface area (Å²) in [6, 6.07) is 5.56. The number of carbonyl (C=O) groups is 1. The van der Waals surface area contributed by atoms with Crippen LogP contribution >= 0.6 is 23.2 Å². The summed E-state index contributed by atoms with van der Waals surface area (Å²) >= 11 is 12.1. The molecule has 35 heavy (non-hydrogen) atoms. The monoisotopic (exact) mass is 536 g/mol. The molecule has 0 fully saturated rings. The van der Waals surface area contributed by atoms with Crippen molar-refractivity contribution in [3.8, 4) is 0 Å². The lowest BCUT2D eigenvalue weighted by atomic mass is 10.2. The van der Waals surface area contributed by atoms with Crippen molar-refractivity contribution in [3.05, 3.63) is 75.0 Å². The maximum absolute atomic E-state index is 14.0. The van der Waals surface area contributed by atoms with Gasteiger partial charge in [0.1, 0.15) is 16.5 Å². The molecule has 15 heteroatoms. The Labute approximate surface area is 202 Å². The molecule has 0 atom stereocenters. The second-order valence-corrected chi connectivity index (χ2v) is 8.15. The smallest absolute Gasteiger partial charge is 0.302 e. The van der Waals surface area contributed by atoms with Crippen molar-refractivity contribution in [2.75, 3.05) is 5.32 Å². The molecule has 184 valence electrons. The molecule has 0 aliphatic rings. The number of fused-ring (bicyclic) bond motifs is 1. The molecule has 4 rings (SSSR count). The topological polar surface area (TPSA) is 77.1 Å². The number of benzene rings is 1. The molecule has 7 nitrogen and oxygen atoms in total. The van der Waals surface area contributed by atoms with Crippen molar-refractivity contribution in [3.63, 3.8) is 0 Å². The third kappa shape index (κ3) is 4.65. The first-order valence-corrected chi connectivity index (χ1v) is 10.3. The van der Waals surface area contributed by atoms with Crippen LogP contribution in [0.25, 0.3) is 5.65 Å². The minimum Gasteiger partial charge on any atom is -0.302 e. The highest BCUT2D eigenvalue weighted by Gasteiger charge is 2.60. The molecular weight excluding hydrogens is 525 g/mol. The summed E-state index contributed by atoms with van der Waals surface area (Å²) < 4.78 is 82.4. The first-order chi connectivity index (χ1) is 16.3. The molecule has 0 aliphatic carbocycles. The molecule has 0 unspecified atom stereocenters. The molecule has 4 aromatic rings. The van der Waals surface area contributed by atoms with Crippen LogP contribution in [0.4, 0.5) is 32.2 Å². The normalized spacial score (nSPS) is 12.4. The first-order valence-electron chi connectivity index (χ1n) is 9.57. The van der Waals surface area contributed by atoms with Crippen LogP contribution in [-0.2, 0) is 12.5 Å². The fourth-order valence-corrected chi connectivity index (χ4v) is 3.58. The number of carbonyl (C=O) groups excluding carboxylic acids is 1. The van der Waals surface area contributed by atoms with Gasteiger partial charge in [0.05, 0.1) is 6.54 Å². The van der Waals surface area contributed by atoms with Crippen LogP contribution in [0.2, 0.25) is 10.0 Å². The van der Waals surface area contributed by atoms with Gasteiger partial charge in [-0.2, -0.15) is 32.1 Å².